The number of rotatable bonds is 11. The van der Waals surface area contributed by atoms with Crippen molar-refractivity contribution in [3.8, 4) is 5.75 Å². The van der Waals surface area contributed by atoms with Crippen molar-refractivity contribution in [3.63, 3.8) is 0 Å². The van der Waals surface area contributed by atoms with Crippen LogP contribution in [0.15, 0.2) is 77.7 Å². The summed E-state index contributed by atoms with van der Waals surface area (Å²) in [5, 5.41) is 3.51. The lowest BCUT2D eigenvalue weighted by Gasteiger charge is -2.33. The zero-order valence-electron chi connectivity index (χ0n) is 24.3. The number of aryl methyl sites for hydroxylation is 1. The second-order valence-electron chi connectivity index (χ2n) is 10.7. The molecule has 8 nitrogen and oxygen atoms in total. The van der Waals surface area contributed by atoms with Gasteiger partial charge >= 0.3 is 0 Å². The van der Waals surface area contributed by atoms with Gasteiger partial charge in [-0.2, -0.15) is 0 Å². The van der Waals surface area contributed by atoms with Gasteiger partial charge in [0.1, 0.15) is 18.3 Å². The van der Waals surface area contributed by atoms with E-state index in [1.165, 1.54) is 29.2 Å². The second-order valence-corrected chi connectivity index (χ2v) is 13.0. The van der Waals surface area contributed by atoms with Gasteiger partial charge in [0.15, 0.2) is 0 Å². The lowest BCUT2D eigenvalue weighted by molar-refractivity contribution is -0.139. The minimum absolute atomic E-state index is 0.00556. The Hall–Kier alpha value is -3.56. The molecule has 1 fully saturated rings. The minimum atomic E-state index is -4.16. The average Bonchev–Trinajstić information content (AvgIpc) is 2.99. The van der Waals surface area contributed by atoms with Crippen LogP contribution in [0.4, 0.5) is 5.69 Å². The van der Waals surface area contributed by atoms with Gasteiger partial charge in [-0.25, -0.2) is 8.42 Å². The molecule has 0 radical (unpaired) electrons. The number of methoxy groups -OCH3 is 1. The zero-order valence-corrected chi connectivity index (χ0v) is 25.8. The summed E-state index contributed by atoms with van der Waals surface area (Å²) in [6.45, 7) is 3.16. The highest BCUT2D eigenvalue weighted by Gasteiger charge is 2.33. The fourth-order valence-corrected chi connectivity index (χ4v) is 6.66. The van der Waals surface area contributed by atoms with Crippen molar-refractivity contribution >= 4 is 39.1 Å². The lowest BCUT2D eigenvalue weighted by Crippen LogP contribution is -2.53. The van der Waals surface area contributed by atoms with Crippen LogP contribution in [-0.2, 0) is 26.2 Å². The quantitative estimate of drug-likeness (QED) is 0.299. The predicted octanol–water partition coefficient (Wildman–Crippen LogP) is 5.72. The van der Waals surface area contributed by atoms with E-state index in [-0.39, 0.29) is 23.4 Å². The van der Waals surface area contributed by atoms with Crippen molar-refractivity contribution in [1.29, 1.82) is 0 Å². The number of amides is 2. The summed E-state index contributed by atoms with van der Waals surface area (Å²) in [6.07, 6.45) is 5.08. The van der Waals surface area contributed by atoms with Gasteiger partial charge in [0, 0.05) is 17.6 Å². The van der Waals surface area contributed by atoms with Gasteiger partial charge in [-0.15, -0.1) is 0 Å². The number of nitrogens with one attached hydrogen (secondary N) is 1. The van der Waals surface area contributed by atoms with Crippen LogP contribution >= 0.6 is 11.6 Å². The number of carbonyl (C=O) groups is 2. The van der Waals surface area contributed by atoms with E-state index in [0.717, 1.165) is 47.5 Å². The Kier molecular flexibility index (Phi) is 10.5. The Bertz CT molecular complexity index is 1470. The van der Waals surface area contributed by atoms with Crippen LogP contribution < -0.4 is 14.4 Å². The minimum Gasteiger partial charge on any atom is -0.497 e. The molecule has 1 N–H and O–H groups in total. The van der Waals surface area contributed by atoms with Gasteiger partial charge < -0.3 is 15.0 Å². The van der Waals surface area contributed by atoms with Crippen molar-refractivity contribution in [2.45, 2.75) is 69.5 Å². The molecule has 0 bridgehead atoms. The molecule has 42 heavy (non-hydrogen) atoms. The van der Waals surface area contributed by atoms with Crippen LogP contribution in [0.3, 0.4) is 0 Å². The molecule has 3 aromatic carbocycles. The Labute approximate surface area is 253 Å². The van der Waals surface area contributed by atoms with E-state index in [4.69, 9.17) is 16.3 Å². The SMILES string of the molecule is COc1ccc(CN(C(=O)CN(c2cccc(C)c2)S(=O)(=O)c2ccc(Cl)cc2)[C@@H](C)C(=O)NC2CCCCC2)cc1. The third-order valence-electron chi connectivity index (χ3n) is 7.60. The molecule has 0 aliphatic heterocycles. The molecule has 0 saturated heterocycles. The maximum absolute atomic E-state index is 14.1. The zero-order chi connectivity index (χ0) is 30.3. The molecule has 3 aromatic rings. The second kappa shape index (κ2) is 14.1. The Morgan fingerprint density at radius 1 is 1.00 bits per heavy atom. The number of hydrogen-bond donors (Lipinski definition) is 1. The molecule has 0 unspecified atom stereocenters. The first-order valence-corrected chi connectivity index (χ1v) is 16.0. The maximum Gasteiger partial charge on any atom is 0.264 e. The molecular formula is C32H38ClN3O5S. The first-order valence-electron chi connectivity index (χ1n) is 14.2. The summed E-state index contributed by atoms with van der Waals surface area (Å²) < 4.78 is 34.2. The smallest absolute Gasteiger partial charge is 0.264 e. The highest BCUT2D eigenvalue weighted by Crippen LogP contribution is 2.27. The summed E-state index contributed by atoms with van der Waals surface area (Å²) in [7, 11) is -2.58. The van der Waals surface area contributed by atoms with E-state index >= 15 is 0 Å². The Morgan fingerprint density at radius 2 is 1.67 bits per heavy atom. The van der Waals surface area contributed by atoms with Crippen molar-refractivity contribution < 1.29 is 22.7 Å². The van der Waals surface area contributed by atoms with Gasteiger partial charge in [0.2, 0.25) is 11.8 Å². The number of carbonyl (C=O) groups excluding carboxylic acids is 2. The van der Waals surface area contributed by atoms with Gasteiger partial charge in [-0.05, 0) is 86.3 Å². The van der Waals surface area contributed by atoms with Crippen molar-refractivity contribution in [3.05, 3.63) is 88.9 Å². The van der Waals surface area contributed by atoms with Crippen LogP contribution in [0.1, 0.15) is 50.2 Å². The van der Waals surface area contributed by atoms with E-state index in [9.17, 15) is 18.0 Å². The molecule has 0 spiro atoms. The van der Waals surface area contributed by atoms with E-state index in [1.54, 1.807) is 44.4 Å². The molecule has 1 aliphatic carbocycles. The van der Waals surface area contributed by atoms with Crippen molar-refractivity contribution in [2.24, 2.45) is 0 Å². The number of nitrogens with zero attached hydrogens (tertiary/aromatic N) is 2. The number of sulfonamides is 1. The van der Waals surface area contributed by atoms with Crippen molar-refractivity contribution in [2.75, 3.05) is 18.0 Å². The topological polar surface area (TPSA) is 96.0 Å². The summed E-state index contributed by atoms with van der Waals surface area (Å²) in [6, 6.07) is 19.3. The molecule has 1 saturated carbocycles. The highest BCUT2D eigenvalue weighted by atomic mass is 35.5. The maximum atomic E-state index is 14.1. The summed E-state index contributed by atoms with van der Waals surface area (Å²) >= 11 is 6.02. The number of halogens is 1. The van der Waals surface area contributed by atoms with Crippen molar-refractivity contribution in [1.82, 2.24) is 10.2 Å². The first kappa shape index (κ1) is 31.4. The number of hydrogen-bond acceptors (Lipinski definition) is 5. The average molecular weight is 612 g/mol. The summed E-state index contributed by atoms with van der Waals surface area (Å²) in [5.74, 6) is -0.0954. The van der Waals surface area contributed by atoms with Gasteiger partial charge in [-0.1, -0.05) is 55.1 Å². The lowest BCUT2D eigenvalue weighted by atomic mass is 9.95. The number of anilines is 1. The van der Waals surface area contributed by atoms with Crippen LogP contribution in [0.2, 0.25) is 5.02 Å². The first-order chi connectivity index (χ1) is 20.1. The van der Waals surface area contributed by atoms with Crippen LogP contribution in [0.5, 0.6) is 5.75 Å². The van der Waals surface area contributed by atoms with E-state index in [0.29, 0.717) is 16.5 Å². The highest BCUT2D eigenvalue weighted by molar-refractivity contribution is 7.92. The van der Waals surface area contributed by atoms with E-state index in [1.807, 2.05) is 25.1 Å². The van der Waals surface area contributed by atoms with Crippen LogP contribution in [-0.4, -0.2) is 50.9 Å². The predicted molar refractivity (Wildman–Crippen MR) is 165 cm³/mol. The van der Waals surface area contributed by atoms with Gasteiger partial charge in [0.25, 0.3) is 10.0 Å². The third-order valence-corrected chi connectivity index (χ3v) is 9.64. The standard InChI is InChI=1S/C32H38ClN3O5S/c1-23-8-7-11-28(20-23)36(42(39,40)30-18-14-26(33)15-19-30)22-31(37)35(21-25-12-16-29(41-3)17-13-25)24(2)32(38)34-27-9-5-4-6-10-27/h7-8,11-20,24,27H,4-6,9-10,21-22H2,1-3H3,(H,34,38)/t24-/m0/s1. The summed E-state index contributed by atoms with van der Waals surface area (Å²) in [4.78, 5) is 29.0. The molecule has 0 aromatic heterocycles. The Balaban J connectivity index is 1.67. The number of ether oxygens (including phenoxy) is 1. The van der Waals surface area contributed by atoms with E-state index in [2.05, 4.69) is 5.32 Å². The molecule has 1 aliphatic rings. The molecule has 1 atom stereocenters. The third kappa shape index (κ3) is 7.83. The molecule has 10 heteroatoms. The van der Waals surface area contributed by atoms with Gasteiger partial charge in [0.05, 0.1) is 17.7 Å². The largest absolute Gasteiger partial charge is 0.497 e. The fraction of sp³-hybridized carbons (Fsp3) is 0.375. The monoisotopic (exact) mass is 611 g/mol. The summed E-state index contributed by atoms with van der Waals surface area (Å²) in [5.41, 5.74) is 1.97. The van der Waals surface area contributed by atoms with E-state index < -0.39 is 28.5 Å². The number of benzene rings is 3. The molecular weight excluding hydrogens is 574 g/mol. The molecule has 0 heterocycles. The van der Waals surface area contributed by atoms with Crippen LogP contribution in [0.25, 0.3) is 0 Å². The fourth-order valence-electron chi connectivity index (χ4n) is 5.12. The molecule has 2 amide bonds. The van der Waals surface area contributed by atoms with Crippen LogP contribution in [0, 0.1) is 6.92 Å². The normalized spacial score (nSPS) is 14.6. The van der Waals surface area contributed by atoms with Gasteiger partial charge in [-0.3, -0.25) is 13.9 Å². The molecule has 4 rings (SSSR count). The molecule has 224 valence electrons. The Morgan fingerprint density at radius 3 is 2.29 bits per heavy atom.